The molecule has 3 rings (SSSR count). The smallest absolute Gasteiger partial charge is 0.250 e. The fourth-order valence-electron chi connectivity index (χ4n) is 2.89. The maximum Gasteiger partial charge on any atom is 0.250 e. The van der Waals surface area contributed by atoms with E-state index >= 15 is 0 Å². The van der Waals surface area contributed by atoms with Gasteiger partial charge in [-0.2, -0.15) is 0 Å². The lowest BCUT2D eigenvalue weighted by Crippen LogP contribution is -2.45. The number of carbonyl (C=O) groups excluding carboxylic acids is 1. The maximum atomic E-state index is 12.8. The monoisotopic (exact) mass is 404 g/mol. The molecule has 0 saturated carbocycles. The number of nitrogens with one attached hydrogen (secondary N) is 4. The first kappa shape index (κ1) is 20.1. The van der Waals surface area contributed by atoms with Crippen LogP contribution in [-0.4, -0.2) is 32.9 Å². The Morgan fingerprint density at radius 2 is 1.75 bits per heavy atom. The average Bonchev–Trinajstić information content (AvgIpc) is 3.16. The zero-order chi connectivity index (χ0) is 20.1. The fraction of sp³-hybridized carbons (Fsp3) is 0.316. The first-order valence-electron chi connectivity index (χ1n) is 8.99. The molecule has 1 aliphatic rings. The number of rotatable bonds is 7. The van der Waals surface area contributed by atoms with Crippen LogP contribution >= 0.6 is 0 Å². The summed E-state index contributed by atoms with van der Waals surface area (Å²) in [5, 5.41) is 1.66. The third kappa shape index (κ3) is 4.80. The predicted octanol–water partition coefficient (Wildman–Crippen LogP) is 1.82. The molecule has 2 aromatic carbocycles. The van der Waals surface area contributed by atoms with Crippen LogP contribution in [0.2, 0.25) is 0 Å². The Morgan fingerprint density at radius 3 is 2.39 bits per heavy atom. The summed E-state index contributed by atoms with van der Waals surface area (Å²) >= 11 is 0. The number of carbonyl (C=O) groups is 1. The van der Waals surface area contributed by atoms with E-state index in [2.05, 4.69) is 20.9 Å². The van der Waals surface area contributed by atoms with Crippen LogP contribution in [0.15, 0.2) is 48.5 Å². The van der Waals surface area contributed by atoms with E-state index in [1.165, 1.54) is 0 Å². The third-order valence-corrected chi connectivity index (χ3v) is 5.98. The maximum absolute atomic E-state index is 12.8. The van der Waals surface area contributed by atoms with Crippen molar-refractivity contribution in [2.75, 3.05) is 23.2 Å². The summed E-state index contributed by atoms with van der Waals surface area (Å²) < 4.78 is 33.5. The van der Waals surface area contributed by atoms with E-state index in [-0.39, 0.29) is 12.5 Å². The second-order valence-electron chi connectivity index (χ2n) is 6.51. The molecule has 1 heterocycles. The third-order valence-electron chi connectivity index (χ3n) is 4.35. The molecule has 8 nitrogen and oxygen atoms in total. The number of hydrogen-bond donors (Lipinski definition) is 4. The van der Waals surface area contributed by atoms with Gasteiger partial charge in [0.2, 0.25) is 5.91 Å². The summed E-state index contributed by atoms with van der Waals surface area (Å²) in [5.41, 5.74) is 7.55. The topological polar surface area (TPSA) is 109 Å². The van der Waals surface area contributed by atoms with Crippen molar-refractivity contribution in [3.63, 3.8) is 0 Å². The van der Waals surface area contributed by atoms with Crippen LogP contribution in [0.5, 0.6) is 5.75 Å². The molecule has 2 unspecified atom stereocenters. The van der Waals surface area contributed by atoms with Crippen LogP contribution in [-0.2, 0) is 14.8 Å². The number of anilines is 2. The minimum absolute atomic E-state index is 0.201. The minimum Gasteiger partial charge on any atom is -0.494 e. The lowest BCUT2D eigenvalue weighted by Gasteiger charge is -2.19. The second-order valence-corrected chi connectivity index (χ2v) is 8.31. The van der Waals surface area contributed by atoms with Gasteiger partial charge < -0.3 is 10.1 Å². The van der Waals surface area contributed by atoms with E-state index in [0.29, 0.717) is 23.7 Å². The van der Waals surface area contributed by atoms with E-state index in [1.807, 2.05) is 26.0 Å². The lowest BCUT2D eigenvalue weighted by molar-refractivity contribution is -0.119. The van der Waals surface area contributed by atoms with Crippen molar-refractivity contribution < 1.29 is 17.9 Å². The Kier molecular flexibility index (Phi) is 6.18. The molecule has 2 aromatic rings. The molecule has 4 N–H and O–H groups in total. The average molecular weight is 404 g/mol. The van der Waals surface area contributed by atoms with Gasteiger partial charge in [-0.05, 0) is 50.2 Å². The molecule has 0 spiro atoms. The Bertz CT molecular complexity index is 914. The molecule has 1 amide bonds. The summed E-state index contributed by atoms with van der Waals surface area (Å²) in [6.07, 6.45) is 0. The summed E-state index contributed by atoms with van der Waals surface area (Å²) in [7, 11) is -3.86. The van der Waals surface area contributed by atoms with Crippen LogP contribution < -0.4 is 25.6 Å². The number of amides is 1. The van der Waals surface area contributed by atoms with Crippen molar-refractivity contribution in [2.45, 2.75) is 19.2 Å². The van der Waals surface area contributed by atoms with Gasteiger partial charge in [0.1, 0.15) is 5.75 Å². The Balaban J connectivity index is 1.69. The van der Waals surface area contributed by atoms with Crippen LogP contribution in [0.25, 0.3) is 0 Å². The minimum atomic E-state index is -3.86. The summed E-state index contributed by atoms with van der Waals surface area (Å²) in [4.78, 5) is 12.6. The highest BCUT2D eigenvalue weighted by atomic mass is 32.2. The predicted molar refractivity (Wildman–Crippen MR) is 108 cm³/mol. The highest BCUT2D eigenvalue weighted by Crippen LogP contribution is 2.22. The van der Waals surface area contributed by atoms with E-state index < -0.39 is 21.3 Å². The van der Waals surface area contributed by atoms with Crippen molar-refractivity contribution in [3.05, 3.63) is 54.1 Å². The van der Waals surface area contributed by atoms with Crippen molar-refractivity contribution in [3.8, 4) is 5.75 Å². The molecule has 1 saturated heterocycles. The highest BCUT2D eigenvalue weighted by molar-refractivity contribution is 7.93. The number of sulfonamides is 1. The number of hydrazine groups is 1. The SMILES string of the molecule is CCOc1ccc(NS(=O)(=O)C2NNCC2C(=O)Nc2ccc(C)cc2)cc1. The number of hydrogen-bond acceptors (Lipinski definition) is 6. The van der Waals surface area contributed by atoms with Crippen LogP contribution in [0.1, 0.15) is 12.5 Å². The Hall–Kier alpha value is -2.62. The van der Waals surface area contributed by atoms with Crippen molar-refractivity contribution in [1.29, 1.82) is 0 Å². The number of ether oxygens (including phenoxy) is 1. The zero-order valence-corrected chi connectivity index (χ0v) is 16.5. The van der Waals surface area contributed by atoms with Gasteiger partial charge in [0.05, 0.1) is 12.5 Å². The summed E-state index contributed by atoms with van der Waals surface area (Å²) in [5.74, 6) is -0.508. The van der Waals surface area contributed by atoms with E-state index in [0.717, 1.165) is 5.56 Å². The van der Waals surface area contributed by atoms with Crippen LogP contribution in [0, 0.1) is 12.8 Å². The molecule has 28 heavy (non-hydrogen) atoms. The van der Waals surface area contributed by atoms with Gasteiger partial charge in [-0.25, -0.2) is 13.8 Å². The molecule has 2 atom stereocenters. The molecule has 1 aliphatic heterocycles. The quantitative estimate of drug-likeness (QED) is 0.561. The summed E-state index contributed by atoms with van der Waals surface area (Å²) in [6, 6.07) is 13.9. The van der Waals surface area contributed by atoms with Gasteiger partial charge in [0.15, 0.2) is 5.37 Å². The highest BCUT2D eigenvalue weighted by Gasteiger charge is 2.41. The number of benzene rings is 2. The van der Waals surface area contributed by atoms with E-state index in [1.54, 1.807) is 36.4 Å². The molecular formula is C19H24N4O4S. The molecule has 0 bridgehead atoms. The van der Waals surface area contributed by atoms with Crippen molar-refractivity contribution in [1.82, 2.24) is 10.9 Å². The van der Waals surface area contributed by atoms with Gasteiger partial charge in [-0.15, -0.1) is 0 Å². The lowest BCUT2D eigenvalue weighted by atomic mass is 10.1. The first-order chi connectivity index (χ1) is 13.4. The number of aryl methyl sites for hydroxylation is 1. The van der Waals surface area contributed by atoms with Crippen LogP contribution in [0.3, 0.4) is 0 Å². The second kappa shape index (κ2) is 8.59. The standard InChI is InChI=1S/C19H24N4O4S/c1-3-27-16-10-8-15(9-11-16)23-28(25,26)19-17(12-20-22-19)18(24)21-14-6-4-13(2)5-7-14/h4-11,17,19-20,22-23H,3,12H2,1-2H3,(H,21,24). The fourth-order valence-corrected chi connectivity index (χ4v) is 4.37. The van der Waals surface area contributed by atoms with Gasteiger partial charge >= 0.3 is 0 Å². The van der Waals surface area contributed by atoms with Gasteiger partial charge in [-0.1, -0.05) is 17.7 Å². The van der Waals surface area contributed by atoms with E-state index in [4.69, 9.17) is 4.74 Å². The zero-order valence-electron chi connectivity index (χ0n) is 15.7. The molecule has 9 heteroatoms. The molecule has 0 aliphatic carbocycles. The summed E-state index contributed by atoms with van der Waals surface area (Å²) in [6.45, 7) is 4.55. The van der Waals surface area contributed by atoms with Crippen LogP contribution in [0.4, 0.5) is 11.4 Å². The van der Waals surface area contributed by atoms with Gasteiger partial charge in [-0.3, -0.25) is 14.9 Å². The first-order valence-corrected chi connectivity index (χ1v) is 10.5. The van der Waals surface area contributed by atoms with Crippen molar-refractivity contribution in [2.24, 2.45) is 5.92 Å². The van der Waals surface area contributed by atoms with Gasteiger partial charge in [0, 0.05) is 17.9 Å². The largest absolute Gasteiger partial charge is 0.494 e. The van der Waals surface area contributed by atoms with E-state index in [9.17, 15) is 13.2 Å². The normalized spacial score (nSPS) is 19.2. The molecular weight excluding hydrogens is 380 g/mol. The molecule has 0 radical (unpaired) electrons. The molecule has 150 valence electrons. The molecule has 0 aromatic heterocycles. The Labute approximate surface area is 164 Å². The Morgan fingerprint density at radius 1 is 1.11 bits per heavy atom. The van der Waals surface area contributed by atoms with Gasteiger partial charge in [0.25, 0.3) is 10.0 Å². The van der Waals surface area contributed by atoms with Crippen molar-refractivity contribution >= 4 is 27.3 Å². The molecule has 1 fully saturated rings.